The van der Waals surface area contributed by atoms with Crippen molar-refractivity contribution in [3.05, 3.63) is 57.8 Å². The molecule has 1 aromatic heterocycles. The SMILES string of the molecule is COc1c(Cl)cc(C(=O)NCc2ccncc2)cc1Cl. The molecule has 2 rings (SSSR count). The summed E-state index contributed by atoms with van der Waals surface area (Å²) in [6, 6.07) is 6.70. The number of ether oxygens (including phenoxy) is 1. The minimum absolute atomic E-state index is 0.256. The normalized spacial score (nSPS) is 10.2. The fraction of sp³-hybridized carbons (Fsp3) is 0.143. The van der Waals surface area contributed by atoms with Crippen molar-refractivity contribution in [3.8, 4) is 5.75 Å². The number of hydrogen-bond acceptors (Lipinski definition) is 3. The average molecular weight is 311 g/mol. The minimum Gasteiger partial charge on any atom is -0.494 e. The Balaban J connectivity index is 2.10. The Morgan fingerprint density at radius 1 is 1.25 bits per heavy atom. The van der Waals surface area contributed by atoms with E-state index in [4.69, 9.17) is 27.9 Å². The van der Waals surface area contributed by atoms with Crippen LogP contribution in [0.5, 0.6) is 5.75 Å². The number of hydrogen-bond donors (Lipinski definition) is 1. The summed E-state index contributed by atoms with van der Waals surface area (Å²) >= 11 is 12.0. The van der Waals surface area contributed by atoms with Gasteiger partial charge in [0.2, 0.25) is 0 Å². The van der Waals surface area contributed by atoms with Crippen LogP contribution in [0.1, 0.15) is 15.9 Å². The highest BCUT2D eigenvalue weighted by Crippen LogP contribution is 2.33. The summed E-state index contributed by atoms with van der Waals surface area (Å²) in [6.07, 6.45) is 3.34. The van der Waals surface area contributed by atoms with Gasteiger partial charge in [-0.2, -0.15) is 0 Å². The van der Waals surface area contributed by atoms with Crippen LogP contribution in [-0.4, -0.2) is 18.0 Å². The number of benzene rings is 1. The average Bonchev–Trinajstić information content (AvgIpc) is 2.45. The summed E-state index contributed by atoms with van der Waals surface area (Å²) in [4.78, 5) is 15.9. The molecule has 1 N–H and O–H groups in total. The van der Waals surface area contributed by atoms with Crippen LogP contribution < -0.4 is 10.1 Å². The molecule has 0 aliphatic carbocycles. The first-order chi connectivity index (χ1) is 9.61. The van der Waals surface area contributed by atoms with Gasteiger partial charge >= 0.3 is 0 Å². The third-order valence-electron chi connectivity index (χ3n) is 2.67. The summed E-state index contributed by atoms with van der Waals surface area (Å²) in [5.41, 5.74) is 1.34. The van der Waals surface area contributed by atoms with Gasteiger partial charge in [-0.1, -0.05) is 23.2 Å². The third-order valence-corrected chi connectivity index (χ3v) is 3.23. The molecule has 0 unspecified atom stereocenters. The summed E-state index contributed by atoms with van der Waals surface area (Å²) in [5.74, 6) is 0.104. The maximum Gasteiger partial charge on any atom is 0.251 e. The molecule has 1 aromatic carbocycles. The van der Waals surface area contributed by atoms with E-state index in [1.165, 1.54) is 19.2 Å². The molecule has 1 heterocycles. The lowest BCUT2D eigenvalue weighted by molar-refractivity contribution is 0.0951. The smallest absolute Gasteiger partial charge is 0.251 e. The van der Waals surface area contributed by atoms with Gasteiger partial charge in [0.15, 0.2) is 5.75 Å². The van der Waals surface area contributed by atoms with E-state index in [0.29, 0.717) is 27.9 Å². The third kappa shape index (κ3) is 3.40. The van der Waals surface area contributed by atoms with E-state index < -0.39 is 0 Å². The molecule has 0 atom stereocenters. The maximum absolute atomic E-state index is 12.0. The Morgan fingerprint density at radius 2 is 1.85 bits per heavy atom. The fourth-order valence-corrected chi connectivity index (χ4v) is 2.31. The second-order valence-corrected chi connectivity index (χ2v) is 4.83. The molecule has 6 heteroatoms. The molecule has 0 saturated heterocycles. The van der Waals surface area contributed by atoms with Crippen molar-refractivity contribution in [2.24, 2.45) is 0 Å². The van der Waals surface area contributed by atoms with E-state index in [0.717, 1.165) is 5.56 Å². The van der Waals surface area contributed by atoms with Crippen molar-refractivity contribution >= 4 is 29.1 Å². The first-order valence-corrected chi connectivity index (χ1v) is 6.57. The van der Waals surface area contributed by atoms with Crippen LogP contribution in [0, 0.1) is 0 Å². The lowest BCUT2D eigenvalue weighted by atomic mass is 10.2. The van der Waals surface area contributed by atoms with Crippen LogP contribution in [0.3, 0.4) is 0 Å². The monoisotopic (exact) mass is 310 g/mol. The molecular formula is C14H12Cl2N2O2. The highest BCUT2D eigenvalue weighted by Gasteiger charge is 2.13. The number of pyridine rings is 1. The highest BCUT2D eigenvalue weighted by atomic mass is 35.5. The van der Waals surface area contributed by atoms with Crippen molar-refractivity contribution in [3.63, 3.8) is 0 Å². The second-order valence-electron chi connectivity index (χ2n) is 4.01. The van der Waals surface area contributed by atoms with Crippen molar-refractivity contribution in [2.75, 3.05) is 7.11 Å². The predicted molar refractivity (Wildman–Crippen MR) is 78.4 cm³/mol. The highest BCUT2D eigenvalue weighted by molar-refractivity contribution is 6.37. The van der Waals surface area contributed by atoms with Crippen LogP contribution in [0.15, 0.2) is 36.7 Å². The molecule has 0 saturated carbocycles. The van der Waals surface area contributed by atoms with Gasteiger partial charge in [0.05, 0.1) is 17.2 Å². The molecule has 2 aromatic rings. The van der Waals surface area contributed by atoms with Crippen molar-refractivity contribution in [1.29, 1.82) is 0 Å². The quantitative estimate of drug-likeness (QED) is 0.942. The molecule has 104 valence electrons. The standard InChI is InChI=1S/C14H12Cl2N2O2/c1-20-13-11(15)6-10(7-12(13)16)14(19)18-8-9-2-4-17-5-3-9/h2-7H,8H2,1H3,(H,18,19). The lowest BCUT2D eigenvalue weighted by Gasteiger charge is -2.09. The molecule has 1 amide bonds. The van der Waals surface area contributed by atoms with Gasteiger partial charge in [0.25, 0.3) is 5.91 Å². The Morgan fingerprint density at radius 3 is 2.40 bits per heavy atom. The van der Waals surface area contributed by atoms with Crippen molar-refractivity contribution in [2.45, 2.75) is 6.54 Å². The largest absolute Gasteiger partial charge is 0.494 e. The summed E-state index contributed by atoms with van der Waals surface area (Å²) < 4.78 is 5.04. The molecule has 20 heavy (non-hydrogen) atoms. The summed E-state index contributed by atoms with van der Waals surface area (Å²) in [6.45, 7) is 0.405. The van der Waals surface area contributed by atoms with Crippen LogP contribution in [0.4, 0.5) is 0 Å². The van der Waals surface area contributed by atoms with Gasteiger partial charge < -0.3 is 10.1 Å². The van der Waals surface area contributed by atoms with Gasteiger partial charge in [0.1, 0.15) is 0 Å². The van der Waals surface area contributed by atoms with E-state index in [1.807, 2.05) is 12.1 Å². The first-order valence-electron chi connectivity index (χ1n) is 5.82. The minimum atomic E-state index is -0.256. The summed E-state index contributed by atoms with van der Waals surface area (Å²) in [7, 11) is 1.47. The Hall–Kier alpha value is -1.78. The van der Waals surface area contributed by atoms with E-state index >= 15 is 0 Å². The van der Waals surface area contributed by atoms with Gasteiger partial charge in [-0.15, -0.1) is 0 Å². The van der Waals surface area contributed by atoms with Crippen molar-refractivity contribution in [1.82, 2.24) is 10.3 Å². The van der Waals surface area contributed by atoms with E-state index in [-0.39, 0.29) is 5.91 Å². The number of aromatic nitrogens is 1. The molecule has 0 aliphatic heterocycles. The Bertz CT molecular complexity index is 595. The molecule has 0 fully saturated rings. The maximum atomic E-state index is 12.0. The van der Waals surface area contributed by atoms with Gasteiger partial charge in [-0.25, -0.2) is 0 Å². The van der Waals surface area contributed by atoms with E-state index in [9.17, 15) is 4.79 Å². The number of methoxy groups -OCH3 is 1. The first kappa shape index (κ1) is 14.6. The molecule has 4 nitrogen and oxygen atoms in total. The van der Waals surface area contributed by atoms with Gasteiger partial charge in [0, 0.05) is 24.5 Å². The summed E-state index contributed by atoms with van der Waals surface area (Å²) in [5, 5.41) is 3.38. The van der Waals surface area contributed by atoms with E-state index in [2.05, 4.69) is 10.3 Å². The fourth-order valence-electron chi connectivity index (χ4n) is 1.67. The van der Waals surface area contributed by atoms with Crippen LogP contribution in [-0.2, 0) is 6.54 Å². The zero-order valence-electron chi connectivity index (χ0n) is 10.7. The van der Waals surface area contributed by atoms with E-state index in [1.54, 1.807) is 12.4 Å². The number of carbonyl (C=O) groups is 1. The number of nitrogens with zero attached hydrogens (tertiary/aromatic N) is 1. The lowest BCUT2D eigenvalue weighted by Crippen LogP contribution is -2.22. The number of nitrogens with one attached hydrogen (secondary N) is 1. The molecule has 0 radical (unpaired) electrons. The second kappa shape index (κ2) is 6.59. The van der Waals surface area contributed by atoms with Crippen LogP contribution in [0.2, 0.25) is 10.0 Å². The number of rotatable bonds is 4. The van der Waals surface area contributed by atoms with Crippen LogP contribution >= 0.6 is 23.2 Å². The Kier molecular flexibility index (Phi) is 4.82. The van der Waals surface area contributed by atoms with Crippen molar-refractivity contribution < 1.29 is 9.53 Å². The molecular weight excluding hydrogens is 299 g/mol. The van der Waals surface area contributed by atoms with Gasteiger partial charge in [-0.05, 0) is 29.8 Å². The molecule has 0 bridgehead atoms. The zero-order valence-corrected chi connectivity index (χ0v) is 12.2. The Labute approximate surface area is 126 Å². The molecule has 0 aliphatic rings. The zero-order chi connectivity index (χ0) is 14.5. The van der Waals surface area contributed by atoms with Gasteiger partial charge in [-0.3, -0.25) is 9.78 Å². The molecule has 0 spiro atoms. The predicted octanol–water partition coefficient (Wildman–Crippen LogP) is 3.33. The number of amides is 1. The number of halogens is 2. The topological polar surface area (TPSA) is 51.2 Å². The number of carbonyl (C=O) groups excluding carboxylic acids is 1. The van der Waals surface area contributed by atoms with Crippen LogP contribution in [0.25, 0.3) is 0 Å².